The van der Waals surface area contributed by atoms with Crippen molar-refractivity contribution in [2.24, 2.45) is 5.90 Å². The van der Waals surface area contributed by atoms with Gasteiger partial charge in [-0.3, -0.25) is 0 Å². The zero-order valence-corrected chi connectivity index (χ0v) is 4.99. The summed E-state index contributed by atoms with van der Waals surface area (Å²) in [5, 5.41) is 9.42. The van der Waals surface area contributed by atoms with Crippen LogP contribution in [-0.2, 0) is 0 Å². The van der Waals surface area contributed by atoms with E-state index in [1.165, 1.54) is 0 Å². The molecule has 0 amide bonds. The molecule has 1 aliphatic rings. The van der Waals surface area contributed by atoms with E-state index < -0.39 is 0 Å². The van der Waals surface area contributed by atoms with E-state index in [4.69, 9.17) is 5.21 Å². The lowest BCUT2D eigenvalue weighted by molar-refractivity contribution is 0.311. The van der Waals surface area contributed by atoms with Crippen molar-refractivity contribution in [3.63, 3.8) is 0 Å². The average Bonchev–Trinajstić information content (AvgIpc) is 2.21. The van der Waals surface area contributed by atoms with E-state index in [1.54, 1.807) is 0 Å². The van der Waals surface area contributed by atoms with Crippen LogP contribution < -0.4 is 11.2 Å². The van der Waals surface area contributed by atoms with Gasteiger partial charge < -0.3 is 10.5 Å². The van der Waals surface area contributed by atoms with Gasteiger partial charge in [-0.25, -0.2) is 5.90 Å². The summed E-state index contributed by atoms with van der Waals surface area (Å²) >= 11 is 0. The highest BCUT2D eigenvalue weighted by Crippen LogP contribution is 1.81. The Morgan fingerprint density at radius 2 is 1.33 bits per heavy atom. The Hall–Kier alpha value is -1.06. The van der Waals surface area contributed by atoms with Gasteiger partial charge in [-0.15, -0.1) is 0 Å². The van der Waals surface area contributed by atoms with Crippen LogP contribution in [0.15, 0.2) is 36.7 Å². The van der Waals surface area contributed by atoms with Gasteiger partial charge in [-0.05, 0) is 12.2 Å². The Morgan fingerprint density at radius 1 is 0.889 bits per heavy atom. The largest absolute Gasteiger partial charge is 0.368 e. The lowest BCUT2D eigenvalue weighted by Gasteiger charge is -1.79. The van der Waals surface area contributed by atoms with Crippen molar-refractivity contribution in [2.75, 3.05) is 0 Å². The number of allylic oxidation sites excluding steroid dienone is 4. The van der Waals surface area contributed by atoms with Crippen molar-refractivity contribution in [1.82, 2.24) is 5.32 Å². The van der Waals surface area contributed by atoms with Gasteiger partial charge in [0.15, 0.2) is 0 Å². The maximum atomic E-state index is 6.50. The molecule has 3 heteroatoms. The van der Waals surface area contributed by atoms with E-state index in [2.05, 4.69) is 11.2 Å². The number of hydrogen-bond acceptors (Lipinski definition) is 3. The van der Waals surface area contributed by atoms with Crippen LogP contribution in [-0.4, -0.2) is 5.21 Å². The maximum absolute atomic E-state index is 6.50. The van der Waals surface area contributed by atoms with E-state index >= 15 is 0 Å². The highest BCUT2D eigenvalue weighted by Gasteiger charge is 1.67. The molecule has 0 bridgehead atoms. The Morgan fingerprint density at radius 3 is 1.78 bits per heavy atom. The summed E-state index contributed by atoms with van der Waals surface area (Å²) in [6.45, 7) is 0. The standard InChI is InChI=1S/C6H7N.H3NO/c1-2-4-6-7-5-3-1;1-2/h1-7H;2H,1H2. The van der Waals surface area contributed by atoms with Crippen LogP contribution >= 0.6 is 0 Å². The molecule has 0 aromatic heterocycles. The molecule has 0 spiro atoms. The lowest BCUT2D eigenvalue weighted by atomic mass is 10.5. The van der Waals surface area contributed by atoms with Crippen molar-refractivity contribution < 1.29 is 5.21 Å². The van der Waals surface area contributed by atoms with E-state index in [0.29, 0.717) is 0 Å². The molecule has 0 saturated heterocycles. The second-order valence-corrected chi connectivity index (χ2v) is 1.27. The summed E-state index contributed by atoms with van der Waals surface area (Å²) in [4.78, 5) is 0. The molecule has 0 saturated carbocycles. The third-order valence-corrected chi connectivity index (χ3v) is 0.718. The van der Waals surface area contributed by atoms with Crippen LogP contribution in [0.3, 0.4) is 0 Å². The molecule has 3 nitrogen and oxygen atoms in total. The molecule has 0 unspecified atom stereocenters. The van der Waals surface area contributed by atoms with E-state index in [1.807, 2.05) is 36.7 Å². The average molecular weight is 126 g/mol. The van der Waals surface area contributed by atoms with Gasteiger partial charge in [-0.2, -0.15) is 0 Å². The van der Waals surface area contributed by atoms with E-state index in [-0.39, 0.29) is 0 Å². The predicted molar refractivity (Wildman–Crippen MR) is 36.5 cm³/mol. The summed E-state index contributed by atoms with van der Waals surface area (Å²) < 4.78 is 0. The van der Waals surface area contributed by atoms with Gasteiger partial charge in [-0.1, -0.05) is 12.2 Å². The van der Waals surface area contributed by atoms with Gasteiger partial charge in [0.25, 0.3) is 0 Å². The minimum atomic E-state index is 1.88. The third-order valence-electron chi connectivity index (χ3n) is 0.718. The monoisotopic (exact) mass is 126 g/mol. The molecule has 0 radical (unpaired) electrons. The van der Waals surface area contributed by atoms with Crippen molar-refractivity contribution in [3.8, 4) is 0 Å². The summed E-state index contributed by atoms with van der Waals surface area (Å²) in [7, 11) is 0. The van der Waals surface area contributed by atoms with Gasteiger partial charge in [0, 0.05) is 12.4 Å². The predicted octanol–water partition coefficient (Wildman–Crippen LogP) is 0.508. The molecular weight excluding hydrogens is 116 g/mol. The quantitative estimate of drug-likeness (QED) is 0.414. The van der Waals surface area contributed by atoms with E-state index in [0.717, 1.165) is 0 Å². The van der Waals surface area contributed by atoms with Crippen LogP contribution in [0, 0.1) is 0 Å². The minimum absolute atomic E-state index is 1.88. The molecule has 0 fully saturated rings. The SMILES string of the molecule is C1=CC=CNC=C1.NO. The van der Waals surface area contributed by atoms with E-state index in [9.17, 15) is 0 Å². The van der Waals surface area contributed by atoms with Crippen LogP contribution in [0.5, 0.6) is 0 Å². The first kappa shape index (κ1) is 7.94. The first-order chi connectivity index (χ1) is 4.50. The molecule has 1 heterocycles. The molecule has 0 aliphatic carbocycles. The second kappa shape index (κ2) is 6.94. The highest BCUT2D eigenvalue weighted by molar-refractivity contribution is 5.14. The summed E-state index contributed by atoms with van der Waals surface area (Å²) in [5.74, 6) is 3.50. The molecule has 9 heavy (non-hydrogen) atoms. The Kier molecular flexibility index (Phi) is 6.12. The number of rotatable bonds is 0. The summed E-state index contributed by atoms with van der Waals surface area (Å²) in [5.41, 5.74) is 0. The zero-order valence-electron chi connectivity index (χ0n) is 4.99. The first-order valence-corrected chi connectivity index (χ1v) is 2.50. The van der Waals surface area contributed by atoms with Crippen LogP contribution in [0.1, 0.15) is 0 Å². The molecular formula is C6H10N2O. The third kappa shape index (κ3) is 4.80. The summed E-state index contributed by atoms with van der Waals surface area (Å²) in [6.07, 6.45) is 11.6. The number of nitrogens with two attached hydrogens (primary N) is 1. The minimum Gasteiger partial charge on any atom is -0.368 e. The molecule has 0 aromatic rings. The van der Waals surface area contributed by atoms with Crippen LogP contribution in [0.25, 0.3) is 0 Å². The maximum Gasteiger partial charge on any atom is 0.000442 e. The van der Waals surface area contributed by atoms with Gasteiger partial charge in [0.1, 0.15) is 0 Å². The molecule has 1 aliphatic heterocycles. The fourth-order valence-corrected chi connectivity index (χ4v) is 0.406. The van der Waals surface area contributed by atoms with Crippen molar-refractivity contribution in [2.45, 2.75) is 0 Å². The normalized spacial score (nSPS) is 13.1. The molecule has 0 aromatic carbocycles. The topological polar surface area (TPSA) is 58.3 Å². The Bertz CT molecular complexity index is 113. The number of nitrogens with one attached hydrogen (secondary N) is 1. The smallest absolute Gasteiger partial charge is 0.000442 e. The van der Waals surface area contributed by atoms with Crippen molar-refractivity contribution in [3.05, 3.63) is 36.7 Å². The molecule has 50 valence electrons. The zero-order chi connectivity index (χ0) is 6.95. The fraction of sp³-hybridized carbons (Fsp3) is 0. The molecule has 4 N–H and O–H groups in total. The highest BCUT2D eigenvalue weighted by atomic mass is 16.4. The Labute approximate surface area is 54.1 Å². The van der Waals surface area contributed by atoms with Crippen LogP contribution in [0.2, 0.25) is 0 Å². The summed E-state index contributed by atoms with van der Waals surface area (Å²) in [6, 6.07) is 0. The molecule has 0 atom stereocenters. The number of hydrogen-bond donors (Lipinski definition) is 3. The van der Waals surface area contributed by atoms with Crippen LogP contribution in [0.4, 0.5) is 0 Å². The fourth-order valence-electron chi connectivity index (χ4n) is 0.406. The Balaban J connectivity index is 0.000000291. The molecule has 1 rings (SSSR count). The lowest BCUT2D eigenvalue weighted by Crippen LogP contribution is -1.87. The van der Waals surface area contributed by atoms with Gasteiger partial charge in [0.05, 0.1) is 0 Å². The van der Waals surface area contributed by atoms with Crippen molar-refractivity contribution >= 4 is 0 Å². The first-order valence-electron chi connectivity index (χ1n) is 2.50. The van der Waals surface area contributed by atoms with Gasteiger partial charge in [0.2, 0.25) is 0 Å². The van der Waals surface area contributed by atoms with Gasteiger partial charge >= 0.3 is 0 Å². The second-order valence-electron chi connectivity index (χ2n) is 1.27. The van der Waals surface area contributed by atoms with Crippen molar-refractivity contribution in [1.29, 1.82) is 0 Å².